The van der Waals surface area contributed by atoms with Gasteiger partial charge in [0.25, 0.3) is 0 Å². The Labute approximate surface area is 73.9 Å². The molecule has 2 nitrogen and oxygen atoms in total. The molecule has 70 valence electrons. The fourth-order valence-corrected chi connectivity index (χ4v) is 1.56. The van der Waals surface area contributed by atoms with Gasteiger partial charge in [-0.2, -0.15) is 0 Å². The Bertz CT molecular complexity index is 177. The summed E-state index contributed by atoms with van der Waals surface area (Å²) in [7, 11) is 0. The molecule has 0 heterocycles. The van der Waals surface area contributed by atoms with E-state index in [-0.39, 0.29) is 5.41 Å². The maximum Gasteiger partial charge on any atom is 0.0776 e. The van der Waals surface area contributed by atoms with Gasteiger partial charge in [-0.05, 0) is 23.8 Å². The smallest absolute Gasteiger partial charge is 0.0776 e. The van der Waals surface area contributed by atoms with Crippen LogP contribution < -0.4 is 0 Å². The molecule has 2 atom stereocenters. The van der Waals surface area contributed by atoms with Crippen LogP contribution in [0.25, 0.3) is 0 Å². The zero-order chi connectivity index (χ0) is 9.35. The van der Waals surface area contributed by atoms with Crippen molar-refractivity contribution in [1.29, 1.82) is 0 Å². The van der Waals surface area contributed by atoms with Crippen LogP contribution in [-0.2, 0) is 0 Å². The molecular weight excluding hydrogens is 152 g/mol. The molecule has 1 aliphatic carbocycles. The Hall–Kier alpha value is -0.340. The average molecular weight is 170 g/mol. The van der Waals surface area contributed by atoms with Crippen molar-refractivity contribution < 1.29 is 10.2 Å². The van der Waals surface area contributed by atoms with Crippen LogP contribution >= 0.6 is 0 Å². The molecule has 0 saturated heterocycles. The quantitative estimate of drug-likeness (QED) is 0.540. The van der Waals surface area contributed by atoms with Crippen LogP contribution in [0, 0.1) is 5.41 Å². The number of rotatable bonds is 0. The van der Waals surface area contributed by atoms with Crippen LogP contribution in [0.5, 0.6) is 0 Å². The second kappa shape index (κ2) is 3.19. The number of hydrogen-bond donors (Lipinski definition) is 2. The zero-order valence-corrected chi connectivity index (χ0v) is 8.04. The molecule has 0 amide bonds. The summed E-state index contributed by atoms with van der Waals surface area (Å²) in [5.41, 5.74) is 0.851. The van der Waals surface area contributed by atoms with Crippen molar-refractivity contribution in [2.24, 2.45) is 5.41 Å². The van der Waals surface area contributed by atoms with Crippen molar-refractivity contribution in [3.8, 4) is 0 Å². The van der Waals surface area contributed by atoms with E-state index in [1.807, 2.05) is 6.08 Å². The molecule has 2 unspecified atom stereocenters. The molecule has 0 aliphatic heterocycles. The van der Waals surface area contributed by atoms with Gasteiger partial charge in [-0.3, -0.25) is 0 Å². The zero-order valence-electron chi connectivity index (χ0n) is 8.04. The molecule has 1 fully saturated rings. The molecule has 0 aromatic carbocycles. The number of aliphatic hydroxyl groups is 2. The second-order valence-electron chi connectivity index (χ2n) is 4.62. The lowest BCUT2D eigenvalue weighted by molar-refractivity contribution is 0.195. The third kappa shape index (κ3) is 2.32. The van der Waals surface area contributed by atoms with Crippen LogP contribution in [0.1, 0.15) is 33.6 Å². The number of hydrogen-bond acceptors (Lipinski definition) is 2. The summed E-state index contributed by atoms with van der Waals surface area (Å²) >= 11 is 0. The van der Waals surface area contributed by atoms with Crippen molar-refractivity contribution in [3.63, 3.8) is 0 Å². The van der Waals surface area contributed by atoms with Crippen LogP contribution in [0.2, 0.25) is 0 Å². The molecule has 12 heavy (non-hydrogen) atoms. The molecule has 1 aliphatic rings. The minimum absolute atomic E-state index is 0.0433. The molecule has 0 aromatic rings. The fraction of sp³-hybridized carbons (Fsp3) is 0.800. The van der Waals surface area contributed by atoms with E-state index in [1.165, 1.54) is 0 Å². The van der Waals surface area contributed by atoms with E-state index in [4.69, 9.17) is 0 Å². The fourth-order valence-electron chi connectivity index (χ4n) is 1.56. The first-order chi connectivity index (χ1) is 5.40. The topological polar surface area (TPSA) is 40.5 Å². The largest absolute Gasteiger partial charge is 0.389 e. The highest BCUT2D eigenvalue weighted by atomic mass is 16.3. The minimum Gasteiger partial charge on any atom is -0.389 e. The van der Waals surface area contributed by atoms with Gasteiger partial charge in [0.2, 0.25) is 0 Å². The van der Waals surface area contributed by atoms with Crippen molar-refractivity contribution in [2.75, 3.05) is 0 Å². The van der Waals surface area contributed by atoms with Gasteiger partial charge in [-0.1, -0.05) is 26.8 Å². The SMILES string of the molecule is CC(C)(C)C=C1C(O)CCC1O. The summed E-state index contributed by atoms with van der Waals surface area (Å²) in [5, 5.41) is 19.0. The van der Waals surface area contributed by atoms with Crippen LogP contribution in [0.4, 0.5) is 0 Å². The van der Waals surface area contributed by atoms with E-state index in [0.29, 0.717) is 12.8 Å². The van der Waals surface area contributed by atoms with Crippen LogP contribution in [0.15, 0.2) is 11.6 Å². The summed E-state index contributed by atoms with van der Waals surface area (Å²) in [6.45, 7) is 6.20. The Morgan fingerprint density at radius 1 is 1.17 bits per heavy atom. The van der Waals surface area contributed by atoms with E-state index in [2.05, 4.69) is 20.8 Å². The number of aliphatic hydroxyl groups excluding tert-OH is 2. The Balaban J connectivity index is 2.78. The molecule has 0 aromatic heterocycles. The average Bonchev–Trinajstić information content (AvgIpc) is 2.16. The van der Waals surface area contributed by atoms with E-state index in [9.17, 15) is 10.2 Å². The van der Waals surface area contributed by atoms with Gasteiger partial charge in [0.15, 0.2) is 0 Å². The van der Waals surface area contributed by atoms with Crippen molar-refractivity contribution in [2.45, 2.75) is 45.8 Å². The van der Waals surface area contributed by atoms with E-state index < -0.39 is 12.2 Å². The summed E-state index contributed by atoms with van der Waals surface area (Å²) in [4.78, 5) is 0. The van der Waals surface area contributed by atoms with Crippen LogP contribution in [0.3, 0.4) is 0 Å². The predicted octanol–water partition coefficient (Wildman–Crippen LogP) is 1.47. The van der Waals surface area contributed by atoms with Gasteiger partial charge in [-0.25, -0.2) is 0 Å². The monoisotopic (exact) mass is 170 g/mol. The summed E-state index contributed by atoms with van der Waals surface area (Å²) in [5.74, 6) is 0. The summed E-state index contributed by atoms with van der Waals surface area (Å²) in [6.07, 6.45) is 2.54. The van der Waals surface area contributed by atoms with Crippen LogP contribution in [-0.4, -0.2) is 22.4 Å². The molecule has 0 radical (unpaired) electrons. The lowest BCUT2D eigenvalue weighted by Crippen LogP contribution is -2.14. The first-order valence-corrected chi connectivity index (χ1v) is 4.49. The van der Waals surface area contributed by atoms with Gasteiger partial charge < -0.3 is 10.2 Å². The molecular formula is C10H18O2. The Morgan fingerprint density at radius 3 is 1.92 bits per heavy atom. The minimum atomic E-state index is -0.417. The van der Waals surface area contributed by atoms with Gasteiger partial charge in [-0.15, -0.1) is 0 Å². The maximum atomic E-state index is 9.49. The van der Waals surface area contributed by atoms with Crippen molar-refractivity contribution in [1.82, 2.24) is 0 Å². The standard InChI is InChI=1S/C10H18O2/c1-10(2,3)6-7-8(11)4-5-9(7)12/h6,8-9,11-12H,4-5H2,1-3H3. The highest BCUT2D eigenvalue weighted by Crippen LogP contribution is 2.29. The van der Waals surface area contributed by atoms with Gasteiger partial charge in [0.1, 0.15) is 0 Å². The Morgan fingerprint density at radius 2 is 1.58 bits per heavy atom. The Kier molecular flexibility index (Phi) is 2.59. The highest BCUT2D eigenvalue weighted by molar-refractivity contribution is 5.20. The van der Waals surface area contributed by atoms with Crippen molar-refractivity contribution >= 4 is 0 Å². The van der Waals surface area contributed by atoms with E-state index >= 15 is 0 Å². The maximum absolute atomic E-state index is 9.49. The molecule has 0 bridgehead atoms. The lowest BCUT2D eigenvalue weighted by Gasteiger charge is -2.17. The first kappa shape index (κ1) is 9.75. The molecule has 2 N–H and O–H groups in total. The summed E-state index contributed by atoms with van der Waals surface area (Å²) in [6, 6.07) is 0. The van der Waals surface area contributed by atoms with Gasteiger partial charge >= 0.3 is 0 Å². The molecule has 0 spiro atoms. The van der Waals surface area contributed by atoms with Crippen molar-refractivity contribution in [3.05, 3.63) is 11.6 Å². The third-order valence-corrected chi connectivity index (χ3v) is 2.08. The van der Waals surface area contributed by atoms with E-state index in [0.717, 1.165) is 5.57 Å². The molecule has 1 rings (SSSR count). The predicted molar refractivity (Wildman–Crippen MR) is 48.8 cm³/mol. The van der Waals surface area contributed by atoms with E-state index in [1.54, 1.807) is 0 Å². The third-order valence-electron chi connectivity index (χ3n) is 2.08. The second-order valence-corrected chi connectivity index (χ2v) is 4.62. The first-order valence-electron chi connectivity index (χ1n) is 4.49. The molecule has 1 saturated carbocycles. The highest BCUT2D eigenvalue weighted by Gasteiger charge is 2.28. The number of allylic oxidation sites excluding steroid dienone is 1. The van der Waals surface area contributed by atoms with Gasteiger partial charge in [0, 0.05) is 0 Å². The molecule has 2 heteroatoms. The van der Waals surface area contributed by atoms with Gasteiger partial charge in [0.05, 0.1) is 12.2 Å². The normalized spacial score (nSPS) is 30.9. The summed E-state index contributed by atoms with van der Waals surface area (Å²) < 4.78 is 0. The lowest BCUT2D eigenvalue weighted by atomic mass is 9.92.